The van der Waals surface area contributed by atoms with Crippen LogP contribution in [-0.4, -0.2) is 9.78 Å². The molecule has 0 radical (unpaired) electrons. The molecule has 0 amide bonds. The van der Waals surface area contributed by atoms with Crippen LogP contribution in [0.4, 0.5) is 0 Å². The minimum atomic E-state index is 0.481. The van der Waals surface area contributed by atoms with Gasteiger partial charge in [-0.1, -0.05) is 12.8 Å². The van der Waals surface area contributed by atoms with E-state index in [1.165, 1.54) is 25.7 Å². The van der Waals surface area contributed by atoms with Crippen molar-refractivity contribution in [2.24, 2.45) is 0 Å². The van der Waals surface area contributed by atoms with Gasteiger partial charge in [0.05, 0.1) is 12.2 Å². The normalized spacial score (nSPS) is 17.9. The van der Waals surface area contributed by atoms with Gasteiger partial charge in [0, 0.05) is 0 Å². The number of rotatable bonds is 1. The van der Waals surface area contributed by atoms with E-state index in [2.05, 4.69) is 11.2 Å². The lowest BCUT2D eigenvalue weighted by atomic mass is 10.2. The van der Waals surface area contributed by atoms with Crippen molar-refractivity contribution in [3.63, 3.8) is 0 Å². The summed E-state index contributed by atoms with van der Waals surface area (Å²) in [6.45, 7) is 0. The zero-order valence-electron chi connectivity index (χ0n) is 6.90. The van der Waals surface area contributed by atoms with Crippen molar-refractivity contribution in [3.05, 3.63) is 18.0 Å². The predicted molar refractivity (Wildman–Crippen MR) is 44.4 cm³/mol. The van der Waals surface area contributed by atoms with Gasteiger partial charge in [-0.15, -0.1) is 0 Å². The summed E-state index contributed by atoms with van der Waals surface area (Å²) in [6.07, 6.45) is 6.61. The highest BCUT2D eigenvalue weighted by Crippen LogP contribution is 2.29. The molecule has 0 spiro atoms. The Kier molecular flexibility index (Phi) is 1.83. The van der Waals surface area contributed by atoms with Crippen LogP contribution in [0.5, 0.6) is 0 Å². The van der Waals surface area contributed by atoms with Gasteiger partial charge in [0.25, 0.3) is 0 Å². The van der Waals surface area contributed by atoms with Crippen LogP contribution in [0, 0.1) is 11.3 Å². The molecule has 1 aromatic rings. The summed E-state index contributed by atoms with van der Waals surface area (Å²) in [6, 6.07) is 4.41. The van der Waals surface area contributed by atoms with Crippen LogP contribution in [-0.2, 0) is 0 Å². The first kappa shape index (κ1) is 7.35. The molecule has 2 rings (SSSR count). The van der Waals surface area contributed by atoms with Gasteiger partial charge >= 0.3 is 0 Å². The second kappa shape index (κ2) is 2.98. The average Bonchev–Trinajstić information content (AvgIpc) is 2.74. The lowest BCUT2D eigenvalue weighted by molar-refractivity contribution is 0.462. The first-order valence-electron chi connectivity index (χ1n) is 4.35. The van der Waals surface area contributed by atoms with E-state index in [1.54, 1.807) is 12.3 Å². The Morgan fingerprint density at radius 1 is 1.50 bits per heavy atom. The lowest BCUT2D eigenvalue weighted by Gasteiger charge is -2.09. The fraction of sp³-hybridized carbons (Fsp3) is 0.556. The van der Waals surface area contributed by atoms with E-state index >= 15 is 0 Å². The third-order valence-corrected chi connectivity index (χ3v) is 2.46. The Morgan fingerprint density at radius 2 is 2.25 bits per heavy atom. The van der Waals surface area contributed by atoms with Crippen LogP contribution in [0.2, 0.25) is 0 Å². The Hall–Kier alpha value is -1.30. The Balaban J connectivity index is 2.27. The molecule has 0 N–H and O–H groups in total. The van der Waals surface area contributed by atoms with Crippen molar-refractivity contribution < 1.29 is 0 Å². The fourth-order valence-electron chi connectivity index (χ4n) is 1.84. The molecule has 1 saturated carbocycles. The molecule has 1 aliphatic rings. The minimum Gasteiger partial charge on any atom is -0.252 e. The minimum absolute atomic E-state index is 0.481. The highest BCUT2D eigenvalue weighted by molar-refractivity contribution is 5.19. The van der Waals surface area contributed by atoms with E-state index in [0.717, 1.165) is 0 Å². The Morgan fingerprint density at radius 3 is 2.92 bits per heavy atom. The molecule has 1 aromatic heterocycles. The molecule has 0 bridgehead atoms. The molecule has 12 heavy (non-hydrogen) atoms. The highest BCUT2D eigenvalue weighted by Gasteiger charge is 2.19. The van der Waals surface area contributed by atoms with Crippen molar-refractivity contribution in [3.8, 4) is 6.07 Å². The molecule has 62 valence electrons. The number of hydrogen-bond donors (Lipinski definition) is 0. The van der Waals surface area contributed by atoms with E-state index in [0.29, 0.717) is 11.7 Å². The number of aromatic nitrogens is 2. The van der Waals surface area contributed by atoms with E-state index in [9.17, 15) is 0 Å². The van der Waals surface area contributed by atoms with Crippen molar-refractivity contribution in [1.29, 1.82) is 5.26 Å². The maximum atomic E-state index is 8.76. The monoisotopic (exact) mass is 161 g/mol. The zero-order valence-corrected chi connectivity index (χ0v) is 6.90. The second-order valence-electron chi connectivity index (χ2n) is 3.21. The largest absolute Gasteiger partial charge is 0.252 e. The maximum Gasteiger partial charge on any atom is 0.138 e. The SMILES string of the molecule is N#Cc1ccnn1C1CCCC1. The van der Waals surface area contributed by atoms with E-state index in [-0.39, 0.29) is 0 Å². The third kappa shape index (κ3) is 1.10. The van der Waals surface area contributed by atoms with Crippen molar-refractivity contribution >= 4 is 0 Å². The molecule has 0 aromatic carbocycles. The number of hydrogen-bond acceptors (Lipinski definition) is 2. The topological polar surface area (TPSA) is 41.6 Å². The molecule has 3 nitrogen and oxygen atoms in total. The summed E-state index contributed by atoms with van der Waals surface area (Å²) in [5.41, 5.74) is 0.696. The summed E-state index contributed by atoms with van der Waals surface area (Å²) in [5, 5.41) is 12.9. The summed E-state index contributed by atoms with van der Waals surface area (Å²) in [5.74, 6) is 0. The van der Waals surface area contributed by atoms with Crippen LogP contribution in [0.25, 0.3) is 0 Å². The van der Waals surface area contributed by atoms with Gasteiger partial charge in [-0.3, -0.25) is 4.68 Å². The van der Waals surface area contributed by atoms with Gasteiger partial charge in [0.15, 0.2) is 0 Å². The zero-order chi connectivity index (χ0) is 8.39. The fourth-order valence-corrected chi connectivity index (χ4v) is 1.84. The van der Waals surface area contributed by atoms with Crippen molar-refractivity contribution in [1.82, 2.24) is 9.78 Å². The summed E-state index contributed by atoms with van der Waals surface area (Å²) < 4.78 is 1.87. The molecule has 1 fully saturated rings. The molecule has 0 aliphatic heterocycles. The summed E-state index contributed by atoms with van der Waals surface area (Å²) >= 11 is 0. The van der Waals surface area contributed by atoms with E-state index in [4.69, 9.17) is 5.26 Å². The van der Waals surface area contributed by atoms with Gasteiger partial charge in [-0.05, 0) is 18.9 Å². The van der Waals surface area contributed by atoms with Gasteiger partial charge in [-0.25, -0.2) is 0 Å². The Bertz CT molecular complexity index is 302. The van der Waals surface area contributed by atoms with Crippen molar-refractivity contribution in [2.75, 3.05) is 0 Å². The first-order chi connectivity index (χ1) is 5.92. The second-order valence-corrected chi connectivity index (χ2v) is 3.21. The molecule has 0 saturated heterocycles. The first-order valence-corrected chi connectivity index (χ1v) is 4.35. The van der Waals surface area contributed by atoms with Crippen LogP contribution < -0.4 is 0 Å². The molecule has 0 unspecified atom stereocenters. The standard InChI is InChI=1S/C9H11N3/c10-7-9-5-6-11-12(9)8-3-1-2-4-8/h5-6,8H,1-4H2. The lowest BCUT2D eigenvalue weighted by Crippen LogP contribution is -2.08. The quantitative estimate of drug-likeness (QED) is 0.631. The molecule has 0 atom stereocenters. The molecular formula is C9H11N3. The third-order valence-electron chi connectivity index (χ3n) is 2.46. The highest BCUT2D eigenvalue weighted by atomic mass is 15.3. The van der Waals surface area contributed by atoms with Gasteiger partial charge < -0.3 is 0 Å². The molecule has 3 heteroatoms. The van der Waals surface area contributed by atoms with Gasteiger partial charge in [-0.2, -0.15) is 10.4 Å². The molecule has 1 heterocycles. The maximum absolute atomic E-state index is 8.76. The average molecular weight is 161 g/mol. The van der Waals surface area contributed by atoms with Crippen LogP contribution in [0.3, 0.4) is 0 Å². The summed E-state index contributed by atoms with van der Waals surface area (Å²) in [4.78, 5) is 0. The van der Waals surface area contributed by atoms with Gasteiger partial charge in [0.2, 0.25) is 0 Å². The van der Waals surface area contributed by atoms with E-state index in [1.807, 2.05) is 4.68 Å². The van der Waals surface area contributed by atoms with Crippen LogP contribution in [0.1, 0.15) is 37.4 Å². The van der Waals surface area contributed by atoms with E-state index < -0.39 is 0 Å². The summed E-state index contributed by atoms with van der Waals surface area (Å²) in [7, 11) is 0. The molecular weight excluding hydrogens is 150 g/mol. The predicted octanol–water partition coefficient (Wildman–Crippen LogP) is 1.87. The van der Waals surface area contributed by atoms with Crippen LogP contribution in [0.15, 0.2) is 12.3 Å². The Labute approximate surface area is 71.6 Å². The van der Waals surface area contributed by atoms with Crippen molar-refractivity contribution in [2.45, 2.75) is 31.7 Å². The van der Waals surface area contributed by atoms with Gasteiger partial charge in [0.1, 0.15) is 11.8 Å². The number of nitrogens with zero attached hydrogens (tertiary/aromatic N) is 3. The number of nitriles is 1. The molecule has 1 aliphatic carbocycles. The van der Waals surface area contributed by atoms with Crippen LogP contribution >= 0.6 is 0 Å². The smallest absolute Gasteiger partial charge is 0.138 e.